The molecular formula is C21H31O2P. The number of rotatable bonds is 2. The minimum absolute atomic E-state index is 0.0379. The van der Waals surface area contributed by atoms with Gasteiger partial charge in [0.15, 0.2) is 11.5 Å². The Morgan fingerprint density at radius 3 is 2.42 bits per heavy atom. The zero-order valence-corrected chi connectivity index (χ0v) is 17.0. The first-order valence-electron chi connectivity index (χ1n) is 9.20. The molecule has 2 unspecified atom stereocenters. The summed E-state index contributed by atoms with van der Waals surface area (Å²) < 4.78 is 5.99. The number of carbonyl (C=O) groups excluding carboxylic acids is 1. The van der Waals surface area contributed by atoms with E-state index in [4.69, 9.17) is 4.74 Å². The van der Waals surface area contributed by atoms with Gasteiger partial charge in [-0.15, -0.1) is 0 Å². The van der Waals surface area contributed by atoms with Crippen molar-refractivity contribution in [2.45, 2.75) is 72.9 Å². The van der Waals surface area contributed by atoms with E-state index in [1.54, 1.807) is 12.2 Å². The molecule has 2 aliphatic heterocycles. The van der Waals surface area contributed by atoms with Crippen molar-refractivity contribution in [2.24, 2.45) is 16.7 Å². The van der Waals surface area contributed by atoms with Gasteiger partial charge >= 0.3 is 0 Å². The van der Waals surface area contributed by atoms with Crippen LogP contribution < -0.4 is 0 Å². The molecule has 0 spiro atoms. The van der Waals surface area contributed by atoms with Crippen LogP contribution in [-0.2, 0) is 9.53 Å². The minimum atomic E-state index is 0.0379. The summed E-state index contributed by atoms with van der Waals surface area (Å²) in [5.74, 6) is 2.33. The summed E-state index contributed by atoms with van der Waals surface area (Å²) in [7, 11) is 0.733. The van der Waals surface area contributed by atoms with E-state index < -0.39 is 0 Å². The molecule has 0 aromatic heterocycles. The van der Waals surface area contributed by atoms with Crippen LogP contribution in [-0.4, -0.2) is 11.4 Å². The van der Waals surface area contributed by atoms with Gasteiger partial charge in [-0.05, 0) is 59.4 Å². The number of ketones is 1. The summed E-state index contributed by atoms with van der Waals surface area (Å²) in [5, 5.41) is 1.61. The molecule has 0 bridgehead atoms. The Labute approximate surface area is 148 Å². The average Bonchev–Trinajstić information content (AvgIpc) is 2.89. The minimum Gasteiger partial charge on any atom is -0.457 e. The van der Waals surface area contributed by atoms with E-state index in [1.165, 1.54) is 31.3 Å². The van der Waals surface area contributed by atoms with Gasteiger partial charge in [0, 0.05) is 6.92 Å². The Hall–Kier alpha value is -0.880. The molecule has 0 aromatic rings. The molecule has 1 fully saturated rings. The summed E-state index contributed by atoms with van der Waals surface area (Å²) >= 11 is 0. The number of ether oxygens (including phenoxy) is 1. The first kappa shape index (κ1) is 17.9. The lowest BCUT2D eigenvalue weighted by Gasteiger charge is -2.38. The van der Waals surface area contributed by atoms with Gasteiger partial charge in [-0.25, -0.2) is 0 Å². The average molecular weight is 346 g/mol. The summed E-state index contributed by atoms with van der Waals surface area (Å²) in [6.45, 7) is 13.1. The highest BCUT2D eigenvalue weighted by molar-refractivity contribution is 7.44. The molecule has 0 amide bonds. The molecule has 3 heteroatoms. The lowest BCUT2D eigenvalue weighted by Crippen LogP contribution is -2.24. The van der Waals surface area contributed by atoms with E-state index in [9.17, 15) is 4.79 Å². The molecule has 0 N–H and O–H groups in total. The molecule has 132 valence electrons. The first-order valence-corrected chi connectivity index (χ1v) is 10.3. The van der Waals surface area contributed by atoms with Crippen molar-refractivity contribution in [1.29, 1.82) is 0 Å². The van der Waals surface area contributed by atoms with Gasteiger partial charge in [0.1, 0.15) is 5.76 Å². The lowest BCUT2D eigenvalue weighted by atomic mass is 9.72. The Bertz CT molecular complexity index is 633. The van der Waals surface area contributed by atoms with Gasteiger partial charge in [0.25, 0.3) is 0 Å². The second-order valence-corrected chi connectivity index (χ2v) is 10.9. The fourth-order valence-electron chi connectivity index (χ4n) is 3.94. The third-order valence-electron chi connectivity index (χ3n) is 5.64. The summed E-state index contributed by atoms with van der Waals surface area (Å²) in [5.41, 5.74) is 2.12. The van der Waals surface area contributed by atoms with Crippen LogP contribution in [0.4, 0.5) is 0 Å². The number of hydrogen-bond acceptors (Lipinski definition) is 2. The maximum Gasteiger partial charge on any atom is 0.194 e. The van der Waals surface area contributed by atoms with Crippen molar-refractivity contribution >= 4 is 14.4 Å². The van der Waals surface area contributed by atoms with Gasteiger partial charge in [-0.1, -0.05) is 49.3 Å². The molecular weight excluding hydrogens is 315 g/mol. The molecule has 0 radical (unpaired) electrons. The van der Waals surface area contributed by atoms with E-state index in [1.807, 2.05) is 0 Å². The van der Waals surface area contributed by atoms with Crippen LogP contribution in [0.2, 0.25) is 0 Å². The number of fused-ring (bicyclic) bond motifs is 1. The van der Waals surface area contributed by atoms with Crippen molar-refractivity contribution in [3.63, 3.8) is 0 Å². The fourth-order valence-corrected chi connectivity index (χ4v) is 5.63. The summed E-state index contributed by atoms with van der Waals surface area (Å²) in [6, 6.07) is 0. The van der Waals surface area contributed by atoms with E-state index in [0.29, 0.717) is 17.1 Å². The summed E-state index contributed by atoms with van der Waals surface area (Å²) in [6.07, 6.45) is 9.73. The summed E-state index contributed by atoms with van der Waals surface area (Å²) in [4.78, 5) is 11.8. The Morgan fingerprint density at radius 2 is 1.88 bits per heavy atom. The largest absolute Gasteiger partial charge is 0.457 e. The van der Waals surface area contributed by atoms with E-state index in [-0.39, 0.29) is 16.9 Å². The Kier molecular flexibility index (Phi) is 4.58. The molecule has 2 atom stereocenters. The zero-order chi connectivity index (χ0) is 17.7. The predicted molar refractivity (Wildman–Crippen MR) is 102 cm³/mol. The van der Waals surface area contributed by atoms with Crippen LogP contribution in [0, 0.1) is 16.7 Å². The van der Waals surface area contributed by atoms with Gasteiger partial charge in [0.2, 0.25) is 0 Å². The highest BCUT2D eigenvalue weighted by Crippen LogP contribution is 2.54. The topological polar surface area (TPSA) is 26.3 Å². The quantitative estimate of drug-likeness (QED) is 0.577. The van der Waals surface area contributed by atoms with Crippen molar-refractivity contribution in [2.75, 3.05) is 0 Å². The number of hydrogen-bond donors (Lipinski definition) is 0. The van der Waals surface area contributed by atoms with Crippen molar-refractivity contribution in [3.05, 3.63) is 34.6 Å². The van der Waals surface area contributed by atoms with Gasteiger partial charge in [-0.2, -0.15) is 0 Å². The lowest BCUT2D eigenvalue weighted by molar-refractivity contribution is -0.116. The van der Waals surface area contributed by atoms with Crippen molar-refractivity contribution < 1.29 is 9.53 Å². The second-order valence-electron chi connectivity index (χ2n) is 9.38. The SMILES string of the molecule is CC(=O)C1=CC2PC(C3CCC(C)(C)CC3)=CC(C(C)(C)C)=C2O1. The standard InChI is InChI=1S/C21H31O2P/c1-13(22)16-12-18-19(23-16)15(20(2,3)4)11-17(24-18)14-7-9-21(5,6)10-8-14/h11-12,14,18,24H,7-10H2,1-6H3. The maximum absolute atomic E-state index is 11.8. The van der Waals surface area contributed by atoms with Crippen LogP contribution in [0.3, 0.4) is 0 Å². The van der Waals surface area contributed by atoms with Crippen LogP contribution in [0.15, 0.2) is 34.6 Å². The molecule has 2 nitrogen and oxygen atoms in total. The van der Waals surface area contributed by atoms with Crippen LogP contribution in [0.25, 0.3) is 0 Å². The Balaban J connectivity index is 1.90. The smallest absolute Gasteiger partial charge is 0.194 e. The fraction of sp³-hybridized carbons (Fsp3) is 0.667. The third-order valence-corrected chi connectivity index (χ3v) is 7.27. The van der Waals surface area contributed by atoms with Crippen LogP contribution >= 0.6 is 8.58 Å². The molecule has 0 aromatic carbocycles. The predicted octanol–water partition coefficient (Wildman–Crippen LogP) is 5.95. The van der Waals surface area contributed by atoms with Crippen molar-refractivity contribution in [1.82, 2.24) is 0 Å². The molecule has 1 aliphatic carbocycles. The van der Waals surface area contributed by atoms with E-state index in [0.717, 1.165) is 14.3 Å². The van der Waals surface area contributed by atoms with Crippen molar-refractivity contribution in [3.8, 4) is 0 Å². The van der Waals surface area contributed by atoms with Crippen LogP contribution in [0.5, 0.6) is 0 Å². The van der Waals surface area contributed by atoms with Gasteiger partial charge in [0.05, 0.1) is 5.66 Å². The molecule has 2 heterocycles. The van der Waals surface area contributed by atoms with E-state index >= 15 is 0 Å². The monoisotopic (exact) mass is 346 g/mol. The molecule has 1 saturated carbocycles. The Morgan fingerprint density at radius 1 is 1.25 bits per heavy atom. The first-order chi connectivity index (χ1) is 11.1. The highest BCUT2D eigenvalue weighted by atomic mass is 31.1. The number of Topliss-reactive ketones (excluding diaryl/α,β-unsaturated/α-hetero) is 1. The number of carbonyl (C=O) groups is 1. The molecule has 0 saturated heterocycles. The van der Waals surface area contributed by atoms with Gasteiger partial charge in [-0.3, -0.25) is 4.79 Å². The van der Waals surface area contributed by atoms with Crippen LogP contribution in [0.1, 0.15) is 67.2 Å². The second kappa shape index (κ2) is 6.13. The normalized spacial score (nSPS) is 28.3. The molecule has 3 rings (SSSR count). The highest BCUT2D eigenvalue weighted by Gasteiger charge is 2.38. The zero-order valence-electron chi connectivity index (χ0n) is 16.0. The molecule has 3 aliphatic rings. The van der Waals surface area contributed by atoms with E-state index in [2.05, 4.69) is 46.8 Å². The van der Waals surface area contributed by atoms with Gasteiger partial charge < -0.3 is 4.74 Å². The molecule has 24 heavy (non-hydrogen) atoms. The number of allylic oxidation sites excluding steroid dienone is 5. The maximum atomic E-state index is 11.8. The third kappa shape index (κ3) is 3.54.